The molecule has 0 spiro atoms. The predicted molar refractivity (Wildman–Crippen MR) is 69.9 cm³/mol. The molecular formula is C13H8Cl2O3. The van der Waals surface area contributed by atoms with E-state index in [1.54, 1.807) is 24.3 Å². The molecule has 92 valence electrons. The van der Waals surface area contributed by atoms with Crippen LogP contribution >= 0.6 is 23.2 Å². The third kappa shape index (κ3) is 2.75. The summed E-state index contributed by atoms with van der Waals surface area (Å²) in [5.74, 6) is -0.555. The first-order valence-electron chi connectivity index (χ1n) is 5.03. The Kier molecular flexibility index (Phi) is 3.75. The average Bonchev–Trinajstić information content (AvgIpc) is 2.32. The highest BCUT2D eigenvalue weighted by molar-refractivity contribution is 6.32. The van der Waals surface area contributed by atoms with Gasteiger partial charge in [0.2, 0.25) is 0 Å². The van der Waals surface area contributed by atoms with Gasteiger partial charge in [0, 0.05) is 11.1 Å². The molecule has 0 aliphatic rings. The van der Waals surface area contributed by atoms with Crippen molar-refractivity contribution in [3.05, 3.63) is 58.1 Å². The van der Waals surface area contributed by atoms with Crippen molar-refractivity contribution >= 4 is 29.2 Å². The third-order valence-electron chi connectivity index (χ3n) is 2.23. The molecule has 0 aliphatic carbocycles. The van der Waals surface area contributed by atoms with E-state index in [0.29, 0.717) is 15.8 Å². The average molecular weight is 283 g/mol. The molecule has 0 bridgehead atoms. The van der Waals surface area contributed by atoms with Crippen LogP contribution in [-0.4, -0.2) is 11.1 Å². The highest BCUT2D eigenvalue weighted by Crippen LogP contribution is 2.32. The van der Waals surface area contributed by atoms with E-state index in [1.807, 2.05) is 0 Å². The van der Waals surface area contributed by atoms with Crippen LogP contribution in [0.3, 0.4) is 0 Å². The van der Waals surface area contributed by atoms with Gasteiger partial charge in [-0.3, -0.25) is 0 Å². The van der Waals surface area contributed by atoms with Gasteiger partial charge in [0.25, 0.3) is 0 Å². The number of aromatic carboxylic acids is 1. The van der Waals surface area contributed by atoms with Crippen molar-refractivity contribution in [1.29, 1.82) is 0 Å². The molecule has 0 unspecified atom stereocenters. The molecule has 2 aromatic rings. The zero-order valence-corrected chi connectivity index (χ0v) is 10.6. The quantitative estimate of drug-likeness (QED) is 0.903. The summed E-state index contributed by atoms with van der Waals surface area (Å²) in [6.45, 7) is 0. The molecule has 0 heterocycles. The lowest BCUT2D eigenvalue weighted by Crippen LogP contribution is -2.00. The largest absolute Gasteiger partial charge is 0.478 e. The second-order valence-corrected chi connectivity index (χ2v) is 4.32. The predicted octanol–water partition coefficient (Wildman–Crippen LogP) is 4.48. The lowest BCUT2D eigenvalue weighted by molar-refractivity contribution is 0.0694. The van der Waals surface area contributed by atoms with Crippen LogP contribution in [0, 0.1) is 0 Å². The maximum Gasteiger partial charge on any atom is 0.339 e. The van der Waals surface area contributed by atoms with E-state index < -0.39 is 5.97 Å². The van der Waals surface area contributed by atoms with Crippen molar-refractivity contribution in [1.82, 2.24) is 0 Å². The summed E-state index contributed by atoms with van der Waals surface area (Å²) in [5, 5.41) is 9.84. The standard InChI is InChI=1S/C13H8Cl2O3/c14-8-5-6-9(13(16)17)12(7-8)18-11-4-2-1-3-10(11)15/h1-7H,(H,16,17). The van der Waals surface area contributed by atoms with E-state index in [4.69, 9.17) is 33.0 Å². The second-order valence-electron chi connectivity index (χ2n) is 3.48. The molecule has 2 aromatic carbocycles. The SMILES string of the molecule is O=C(O)c1ccc(Cl)cc1Oc1ccccc1Cl. The second kappa shape index (κ2) is 5.29. The number of carbonyl (C=O) groups is 1. The monoisotopic (exact) mass is 282 g/mol. The number of para-hydroxylation sites is 1. The van der Waals surface area contributed by atoms with Gasteiger partial charge in [-0.15, -0.1) is 0 Å². The summed E-state index contributed by atoms with van der Waals surface area (Å²) >= 11 is 11.8. The van der Waals surface area contributed by atoms with Crippen LogP contribution in [0.1, 0.15) is 10.4 Å². The van der Waals surface area contributed by atoms with E-state index in [1.165, 1.54) is 18.2 Å². The van der Waals surface area contributed by atoms with Crippen LogP contribution in [-0.2, 0) is 0 Å². The van der Waals surface area contributed by atoms with Gasteiger partial charge in [-0.25, -0.2) is 4.79 Å². The zero-order valence-electron chi connectivity index (χ0n) is 9.06. The molecule has 3 nitrogen and oxygen atoms in total. The van der Waals surface area contributed by atoms with Gasteiger partial charge in [0.1, 0.15) is 17.1 Å². The Labute approximate surface area is 114 Å². The van der Waals surface area contributed by atoms with E-state index in [9.17, 15) is 4.79 Å². The van der Waals surface area contributed by atoms with E-state index >= 15 is 0 Å². The molecule has 2 rings (SSSR count). The fraction of sp³-hybridized carbons (Fsp3) is 0. The molecule has 1 N–H and O–H groups in total. The highest BCUT2D eigenvalue weighted by Gasteiger charge is 2.13. The van der Waals surface area contributed by atoms with Crippen molar-refractivity contribution in [3.63, 3.8) is 0 Å². The van der Waals surface area contributed by atoms with Gasteiger partial charge in [-0.05, 0) is 24.3 Å². The van der Waals surface area contributed by atoms with Crippen molar-refractivity contribution < 1.29 is 14.6 Å². The number of benzene rings is 2. The van der Waals surface area contributed by atoms with Gasteiger partial charge in [0.05, 0.1) is 5.02 Å². The fourth-order valence-electron chi connectivity index (χ4n) is 1.40. The number of rotatable bonds is 3. The first-order valence-corrected chi connectivity index (χ1v) is 5.79. The molecule has 5 heteroatoms. The maximum atomic E-state index is 11.1. The van der Waals surface area contributed by atoms with E-state index in [-0.39, 0.29) is 11.3 Å². The minimum atomic E-state index is -1.09. The first-order chi connectivity index (χ1) is 8.58. The van der Waals surface area contributed by atoms with Gasteiger partial charge in [0.15, 0.2) is 0 Å². The molecule has 0 saturated heterocycles. The number of hydrogen-bond donors (Lipinski definition) is 1. The normalized spacial score (nSPS) is 10.1. The van der Waals surface area contributed by atoms with E-state index in [0.717, 1.165) is 0 Å². The Morgan fingerprint density at radius 3 is 2.44 bits per heavy atom. The lowest BCUT2D eigenvalue weighted by Gasteiger charge is -2.10. The number of ether oxygens (including phenoxy) is 1. The van der Waals surface area contributed by atoms with Crippen molar-refractivity contribution in [2.75, 3.05) is 0 Å². The summed E-state index contributed by atoms with van der Waals surface area (Å²) in [7, 11) is 0. The molecule has 0 radical (unpaired) electrons. The molecular weight excluding hydrogens is 275 g/mol. The van der Waals surface area contributed by atoms with Crippen molar-refractivity contribution in [3.8, 4) is 11.5 Å². The molecule has 0 saturated carbocycles. The Balaban J connectivity index is 2.42. The maximum absolute atomic E-state index is 11.1. The van der Waals surface area contributed by atoms with Crippen LogP contribution in [0.25, 0.3) is 0 Å². The Morgan fingerprint density at radius 1 is 1.06 bits per heavy atom. The van der Waals surface area contributed by atoms with Gasteiger partial charge in [-0.2, -0.15) is 0 Å². The number of carboxylic acids is 1. The van der Waals surface area contributed by atoms with Crippen LogP contribution < -0.4 is 4.74 Å². The van der Waals surface area contributed by atoms with Gasteiger partial charge >= 0.3 is 5.97 Å². The topological polar surface area (TPSA) is 46.5 Å². The van der Waals surface area contributed by atoms with Gasteiger partial charge in [-0.1, -0.05) is 35.3 Å². The minimum Gasteiger partial charge on any atom is -0.478 e. The Hall–Kier alpha value is -1.71. The zero-order chi connectivity index (χ0) is 13.1. The minimum absolute atomic E-state index is 0.0271. The summed E-state index contributed by atoms with van der Waals surface area (Å²) in [5.41, 5.74) is 0.0271. The van der Waals surface area contributed by atoms with Crippen LogP contribution in [0.4, 0.5) is 0 Å². The lowest BCUT2D eigenvalue weighted by atomic mass is 10.2. The van der Waals surface area contributed by atoms with Crippen molar-refractivity contribution in [2.45, 2.75) is 0 Å². The first kappa shape index (κ1) is 12.7. The summed E-state index contributed by atoms with van der Waals surface area (Å²) in [6.07, 6.45) is 0. The summed E-state index contributed by atoms with van der Waals surface area (Å²) in [4.78, 5) is 11.1. The number of halogens is 2. The van der Waals surface area contributed by atoms with Crippen LogP contribution in [0.5, 0.6) is 11.5 Å². The van der Waals surface area contributed by atoms with Gasteiger partial charge < -0.3 is 9.84 Å². The molecule has 0 aromatic heterocycles. The Morgan fingerprint density at radius 2 is 1.78 bits per heavy atom. The molecule has 0 aliphatic heterocycles. The molecule has 18 heavy (non-hydrogen) atoms. The van der Waals surface area contributed by atoms with Crippen molar-refractivity contribution in [2.24, 2.45) is 0 Å². The highest BCUT2D eigenvalue weighted by atomic mass is 35.5. The smallest absolute Gasteiger partial charge is 0.339 e. The number of hydrogen-bond acceptors (Lipinski definition) is 2. The number of carboxylic acid groups (broad SMARTS) is 1. The van der Waals surface area contributed by atoms with E-state index in [2.05, 4.69) is 0 Å². The van der Waals surface area contributed by atoms with Crippen LogP contribution in [0.2, 0.25) is 10.0 Å². The molecule has 0 fully saturated rings. The molecule has 0 amide bonds. The summed E-state index contributed by atoms with van der Waals surface area (Å²) in [6, 6.07) is 11.1. The molecule has 0 atom stereocenters. The summed E-state index contributed by atoms with van der Waals surface area (Å²) < 4.78 is 5.49. The fourth-order valence-corrected chi connectivity index (χ4v) is 1.74. The van der Waals surface area contributed by atoms with Crippen LogP contribution in [0.15, 0.2) is 42.5 Å². The Bertz CT molecular complexity index is 597. The third-order valence-corrected chi connectivity index (χ3v) is 2.78.